The van der Waals surface area contributed by atoms with E-state index in [-0.39, 0.29) is 6.09 Å². The first kappa shape index (κ1) is 17.3. The van der Waals surface area contributed by atoms with Crippen LogP contribution in [0.2, 0.25) is 0 Å². The number of amides is 1. The van der Waals surface area contributed by atoms with E-state index < -0.39 is 5.60 Å². The lowest BCUT2D eigenvalue weighted by atomic mass is 9.80. The van der Waals surface area contributed by atoms with Crippen LogP contribution >= 0.6 is 0 Å². The van der Waals surface area contributed by atoms with Gasteiger partial charge in [-0.25, -0.2) is 4.79 Å². The van der Waals surface area contributed by atoms with Crippen molar-refractivity contribution in [1.29, 1.82) is 0 Å². The summed E-state index contributed by atoms with van der Waals surface area (Å²) in [5, 5.41) is 6.30. The van der Waals surface area contributed by atoms with E-state index in [1.165, 1.54) is 25.7 Å². The summed E-state index contributed by atoms with van der Waals surface area (Å²) in [7, 11) is 0. The second-order valence-electron chi connectivity index (χ2n) is 7.01. The zero-order valence-corrected chi connectivity index (χ0v) is 13.6. The Labute approximate surface area is 124 Å². The maximum absolute atomic E-state index is 11.4. The maximum Gasteiger partial charge on any atom is 0.407 e. The lowest BCUT2D eigenvalue weighted by Crippen LogP contribution is -2.35. The highest BCUT2D eigenvalue weighted by molar-refractivity contribution is 5.67. The Kier molecular flexibility index (Phi) is 7.35. The molecular formula is C16H32N2O2. The molecule has 0 radical (unpaired) electrons. The molecule has 1 fully saturated rings. The lowest BCUT2D eigenvalue weighted by molar-refractivity contribution is 0.0527. The standard InChI is InChI=1S/C16H32N2O2/c1-13-8-5-6-9-14(13)12-17-10-7-11-18-15(19)20-16(2,3)4/h13-14,17H,5-12H2,1-4H3,(H,18,19). The molecule has 20 heavy (non-hydrogen) atoms. The Balaban J connectivity index is 1.98. The van der Waals surface area contributed by atoms with E-state index in [2.05, 4.69) is 17.6 Å². The van der Waals surface area contributed by atoms with Gasteiger partial charge in [0.1, 0.15) is 5.60 Å². The predicted octanol–water partition coefficient (Wildman–Crippen LogP) is 3.32. The van der Waals surface area contributed by atoms with Crippen LogP contribution in [0, 0.1) is 11.8 Å². The first-order valence-corrected chi connectivity index (χ1v) is 8.06. The van der Waals surface area contributed by atoms with E-state index in [4.69, 9.17) is 4.74 Å². The molecule has 1 saturated carbocycles. The van der Waals surface area contributed by atoms with E-state index in [1.807, 2.05) is 20.8 Å². The molecule has 1 amide bonds. The van der Waals surface area contributed by atoms with E-state index in [1.54, 1.807) is 0 Å². The van der Waals surface area contributed by atoms with Gasteiger partial charge in [0.2, 0.25) is 0 Å². The minimum absolute atomic E-state index is 0.321. The second-order valence-corrected chi connectivity index (χ2v) is 7.01. The van der Waals surface area contributed by atoms with E-state index >= 15 is 0 Å². The third-order valence-electron chi connectivity index (χ3n) is 3.89. The van der Waals surface area contributed by atoms with Gasteiger partial charge in [-0.3, -0.25) is 0 Å². The number of rotatable bonds is 6. The summed E-state index contributed by atoms with van der Waals surface area (Å²) >= 11 is 0. The van der Waals surface area contributed by atoms with E-state index in [9.17, 15) is 4.79 Å². The second kappa shape index (κ2) is 8.50. The summed E-state index contributed by atoms with van der Waals surface area (Å²) in [5.74, 6) is 1.69. The van der Waals surface area contributed by atoms with Crippen molar-refractivity contribution >= 4 is 6.09 Å². The Hall–Kier alpha value is -0.770. The molecule has 0 aliphatic heterocycles. The normalized spacial score (nSPS) is 23.4. The largest absolute Gasteiger partial charge is 0.444 e. The molecule has 0 heterocycles. The van der Waals surface area contributed by atoms with E-state index in [0.29, 0.717) is 6.54 Å². The summed E-state index contributed by atoms with van der Waals surface area (Å²) in [6, 6.07) is 0. The van der Waals surface area contributed by atoms with Crippen molar-refractivity contribution in [2.45, 2.75) is 65.4 Å². The molecule has 0 aromatic carbocycles. The molecule has 1 aliphatic carbocycles. The number of ether oxygens (including phenoxy) is 1. The van der Waals surface area contributed by atoms with Crippen molar-refractivity contribution in [2.75, 3.05) is 19.6 Å². The molecule has 0 aromatic rings. The monoisotopic (exact) mass is 284 g/mol. The summed E-state index contributed by atoms with van der Waals surface area (Å²) < 4.78 is 5.18. The molecule has 1 aliphatic rings. The molecule has 0 spiro atoms. The molecule has 1 rings (SSSR count). The van der Waals surface area contributed by atoms with Crippen LogP contribution in [-0.4, -0.2) is 31.3 Å². The first-order valence-electron chi connectivity index (χ1n) is 8.06. The van der Waals surface area contributed by atoms with Crippen LogP contribution in [0.1, 0.15) is 59.8 Å². The molecule has 2 unspecified atom stereocenters. The van der Waals surface area contributed by atoms with Crippen molar-refractivity contribution in [3.05, 3.63) is 0 Å². The topological polar surface area (TPSA) is 50.4 Å². The van der Waals surface area contributed by atoms with Crippen molar-refractivity contribution in [3.63, 3.8) is 0 Å². The minimum Gasteiger partial charge on any atom is -0.444 e. The van der Waals surface area contributed by atoms with Gasteiger partial charge < -0.3 is 15.4 Å². The zero-order valence-electron chi connectivity index (χ0n) is 13.6. The van der Waals surface area contributed by atoms with Crippen LogP contribution in [0.4, 0.5) is 4.79 Å². The summed E-state index contributed by atoms with van der Waals surface area (Å²) in [5.41, 5.74) is -0.417. The van der Waals surface area contributed by atoms with E-state index in [0.717, 1.165) is 31.3 Å². The average molecular weight is 284 g/mol. The van der Waals surface area contributed by atoms with Crippen LogP contribution in [0.3, 0.4) is 0 Å². The van der Waals surface area contributed by atoms with Gasteiger partial charge in [-0.05, 0) is 58.5 Å². The fourth-order valence-electron chi connectivity index (χ4n) is 2.70. The molecule has 0 aromatic heterocycles. The fraction of sp³-hybridized carbons (Fsp3) is 0.938. The van der Waals surface area contributed by atoms with Gasteiger partial charge in [-0.2, -0.15) is 0 Å². The van der Waals surface area contributed by atoms with Crippen LogP contribution in [0.15, 0.2) is 0 Å². The quantitative estimate of drug-likeness (QED) is 0.736. The average Bonchev–Trinajstić information content (AvgIpc) is 2.33. The van der Waals surface area contributed by atoms with Crippen LogP contribution in [0.5, 0.6) is 0 Å². The fourth-order valence-corrected chi connectivity index (χ4v) is 2.70. The number of hydrogen-bond acceptors (Lipinski definition) is 3. The number of alkyl carbamates (subject to hydrolysis) is 1. The Morgan fingerprint density at radius 2 is 1.90 bits per heavy atom. The molecule has 4 nitrogen and oxygen atoms in total. The zero-order chi connectivity index (χ0) is 15.0. The van der Waals surface area contributed by atoms with Crippen molar-refractivity contribution in [2.24, 2.45) is 11.8 Å². The third kappa shape index (κ3) is 7.73. The van der Waals surface area contributed by atoms with Gasteiger partial charge in [0, 0.05) is 6.54 Å². The highest BCUT2D eigenvalue weighted by Crippen LogP contribution is 2.28. The predicted molar refractivity (Wildman–Crippen MR) is 82.8 cm³/mol. The highest BCUT2D eigenvalue weighted by atomic mass is 16.6. The van der Waals surface area contributed by atoms with Crippen molar-refractivity contribution in [3.8, 4) is 0 Å². The van der Waals surface area contributed by atoms with Gasteiger partial charge in [-0.15, -0.1) is 0 Å². The Morgan fingerprint density at radius 1 is 1.20 bits per heavy atom. The van der Waals surface area contributed by atoms with Crippen LogP contribution < -0.4 is 10.6 Å². The van der Waals surface area contributed by atoms with Crippen molar-refractivity contribution < 1.29 is 9.53 Å². The van der Waals surface area contributed by atoms with Crippen molar-refractivity contribution in [1.82, 2.24) is 10.6 Å². The van der Waals surface area contributed by atoms with Gasteiger partial charge in [0.05, 0.1) is 0 Å². The smallest absolute Gasteiger partial charge is 0.407 e. The molecule has 0 saturated heterocycles. The molecule has 0 bridgehead atoms. The molecule has 2 N–H and O–H groups in total. The van der Waals surface area contributed by atoms with Crippen LogP contribution in [0.25, 0.3) is 0 Å². The van der Waals surface area contributed by atoms with Crippen LogP contribution in [-0.2, 0) is 4.74 Å². The number of carbonyl (C=O) groups is 1. The summed E-state index contributed by atoms with van der Waals surface area (Å²) in [6.07, 6.45) is 6.16. The lowest BCUT2D eigenvalue weighted by Gasteiger charge is -2.28. The highest BCUT2D eigenvalue weighted by Gasteiger charge is 2.20. The number of nitrogens with one attached hydrogen (secondary N) is 2. The molecular weight excluding hydrogens is 252 g/mol. The maximum atomic E-state index is 11.4. The summed E-state index contributed by atoms with van der Waals surface area (Å²) in [4.78, 5) is 11.4. The molecule has 4 heteroatoms. The molecule has 2 atom stereocenters. The Bertz CT molecular complexity index is 287. The van der Waals surface area contributed by atoms with Gasteiger partial charge in [0.25, 0.3) is 0 Å². The Morgan fingerprint density at radius 3 is 2.55 bits per heavy atom. The third-order valence-corrected chi connectivity index (χ3v) is 3.89. The number of carbonyl (C=O) groups excluding carboxylic acids is 1. The SMILES string of the molecule is CC1CCCCC1CNCCCNC(=O)OC(C)(C)C. The minimum atomic E-state index is -0.417. The van der Waals surface area contributed by atoms with Gasteiger partial charge in [0.15, 0.2) is 0 Å². The molecule has 118 valence electrons. The summed E-state index contributed by atoms with van der Waals surface area (Å²) in [6.45, 7) is 10.7. The first-order chi connectivity index (χ1) is 9.38. The van der Waals surface area contributed by atoms with Gasteiger partial charge >= 0.3 is 6.09 Å². The number of hydrogen-bond donors (Lipinski definition) is 2. The van der Waals surface area contributed by atoms with Gasteiger partial charge in [-0.1, -0.05) is 26.2 Å².